The van der Waals surface area contributed by atoms with Gasteiger partial charge in [-0.15, -0.1) is 0 Å². The van der Waals surface area contributed by atoms with Crippen LogP contribution < -0.4 is 5.32 Å². The van der Waals surface area contributed by atoms with Crippen LogP contribution in [0.3, 0.4) is 0 Å². The zero-order valence-electron chi connectivity index (χ0n) is 28.7. The molecule has 2 heterocycles. The van der Waals surface area contributed by atoms with Gasteiger partial charge in [-0.2, -0.15) is 0 Å². The molecule has 2 aromatic heterocycles. The van der Waals surface area contributed by atoms with Crippen LogP contribution in [0, 0.1) is 5.41 Å². The first-order valence-corrected chi connectivity index (χ1v) is 16.9. The molecule has 50 heavy (non-hydrogen) atoms. The summed E-state index contributed by atoms with van der Waals surface area (Å²) in [5.41, 5.74) is 10.1. The Morgan fingerprint density at radius 1 is 0.740 bits per heavy atom. The second-order valence-corrected chi connectivity index (χ2v) is 12.2. The molecule has 0 aliphatic carbocycles. The molecule has 0 radical (unpaired) electrons. The minimum atomic E-state index is -0.550. The maximum absolute atomic E-state index is 8.91. The van der Waals surface area contributed by atoms with E-state index in [1.165, 1.54) is 0 Å². The highest BCUT2D eigenvalue weighted by molar-refractivity contribution is 6.13. The minimum Gasteiger partial charge on any atom is -0.455 e. The highest BCUT2D eigenvalue weighted by Gasteiger charge is 2.18. The van der Waals surface area contributed by atoms with E-state index in [9.17, 15) is 0 Å². The predicted molar refractivity (Wildman–Crippen MR) is 211 cm³/mol. The lowest BCUT2D eigenvalue weighted by molar-refractivity contribution is 0.665. The van der Waals surface area contributed by atoms with E-state index in [-0.39, 0.29) is 0 Å². The molecule has 7 aromatic rings. The highest BCUT2D eigenvalue weighted by Crippen LogP contribution is 2.37. The summed E-state index contributed by atoms with van der Waals surface area (Å²) in [4.78, 5) is 5.09. The molecule has 0 spiro atoms. The Morgan fingerprint density at radius 3 is 2.26 bits per heavy atom. The predicted octanol–water partition coefficient (Wildman–Crippen LogP) is 12.3. The molecule has 1 unspecified atom stereocenters. The van der Waals surface area contributed by atoms with Crippen LogP contribution >= 0.6 is 0 Å². The van der Waals surface area contributed by atoms with Crippen LogP contribution in [-0.2, 0) is 0 Å². The molecule has 5 aromatic carbocycles. The third-order valence-corrected chi connectivity index (χ3v) is 9.02. The average molecular weight is 654 g/mol. The van der Waals surface area contributed by atoms with Gasteiger partial charge in [0.2, 0.25) is 0 Å². The van der Waals surface area contributed by atoms with Gasteiger partial charge in [0.25, 0.3) is 0 Å². The molecule has 0 bridgehead atoms. The van der Waals surface area contributed by atoms with Crippen molar-refractivity contribution in [1.82, 2.24) is 5.32 Å². The summed E-state index contributed by atoms with van der Waals surface area (Å²) in [6, 6.07) is 35.1. The Balaban J connectivity index is 1.32. The van der Waals surface area contributed by atoms with Crippen molar-refractivity contribution in [2.24, 2.45) is 4.99 Å². The van der Waals surface area contributed by atoms with Crippen molar-refractivity contribution in [3.63, 3.8) is 0 Å². The number of allylic oxidation sites excluding steroid dienone is 7. The van der Waals surface area contributed by atoms with Crippen molar-refractivity contribution in [2.75, 3.05) is 0 Å². The van der Waals surface area contributed by atoms with Crippen molar-refractivity contribution in [2.45, 2.75) is 33.9 Å². The summed E-state index contributed by atoms with van der Waals surface area (Å²) in [5, 5.41) is 16.6. The number of nitrogens with one attached hydrogen (secondary N) is 2. The Hall–Kier alpha value is -6.20. The molecular formula is C45H39N3O2. The number of hydrogen-bond acceptors (Lipinski definition) is 4. The zero-order chi connectivity index (χ0) is 34.6. The Kier molecular flexibility index (Phi) is 9.13. The first kappa shape index (κ1) is 32.4. The normalized spacial score (nSPS) is 13.6. The number of fused-ring (bicyclic) bond motifs is 6. The first-order valence-electron chi connectivity index (χ1n) is 16.9. The molecular weight excluding hydrogens is 615 g/mol. The number of nitrogens with zero attached hydrogens (tertiary/aromatic N) is 1. The van der Waals surface area contributed by atoms with Gasteiger partial charge in [0.1, 0.15) is 34.3 Å². The van der Waals surface area contributed by atoms with Gasteiger partial charge in [-0.25, -0.2) is 0 Å². The van der Waals surface area contributed by atoms with E-state index >= 15 is 0 Å². The van der Waals surface area contributed by atoms with Gasteiger partial charge >= 0.3 is 0 Å². The molecule has 246 valence electrons. The molecule has 0 saturated carbocycles. The zero-order valence-corrected chi connectivity index (χ0v) is 28.7. The summed E-state index contributed by atoms with van der Waals surface area (Å²) in [5.74, 6) is 0.296. The lowest BCUT2D eigenvalue weighted by atomic mass is 9.99. The van der Waals surface area contributed by atoms with Crippen LogP contribution in [0.15, 0.2) is 159 Å². The maximum Gasteiger partial charge on any atom is 0.145 e. The molecule has 0 saturated heterocycles. The van der Waals surface area contributed by atoms with E-state index in [1.807, 2.05) is 101 Å². The van der Waals surface area contributed by atoms with Crippen LogP contribution in [0.4, 0.5) is 0 Å². The van der Waals surface area contributed by atoms with Gasteiger partial charge in [-0.3, -0.25) is 10.4 Å². The smallest absolute Gasteiger partial charge is 0.145 e. The SMILES string of the molecule is C/C=C\C=C(/C)C(=N)NC(/N=C/c1cccc2c1oc1c(C(/C=C\C)=C/C)cccc12)c1cccc(-c2cccc3c2oc2ccccc23)c1. The number of hydrogen-bond donors (Lipinski definition) is 2. The van der Waals surface area contributed by atoms with Crippen molar-refractivity contribution >= 4 is 61.5 Å². The fourth-order valence-corrected chi connectivity index (χ4v) is 6.48. The number of amidine groups is 1. The van der Waals surface area contributed by atoms with Crippen molar-refractivity contribution in [1.29, 1.82) is 5.41 Å². The number of para-hydroxylation sites is 4. The lowest BCUT2D eigenvalue weighted by Crippen LogP contribution is -2.27. The summed E-state index contributed by atoms with van der Waals surface area (Å²) in [6.45, 7) is 7.95. The average Bonchev–Trinajstić information content (AvgIpc) is 3.73. The molecule has 1 atom stereocenters. The van der Waals surface area contributed by atoms with Gasteiger partial charge in [0, 0.05) is 44.4 Å². The summed E-state index contributed by atoms with van der Waals surface area (Å²) >= 11 is 0. The van der Waals surface area contributed by atoms with Gasteiger partial charge in [-0.05, 0) is 68.2 Å². The maximum atomic E-state index is 8.91. The number of benzene rings is 5. The van der Waals surface area contributed by atoms with E-state index in [4.69, 9.17) is 19.2 Å². The van der Waals surface area contributed by atoms with Crippen molar-refractivity contribution in [3.05, 3.63) is 162 Å². The van der Waals surface area contributed by atoms with E-state index < -0.39 is 6.17 Å². The molecule has 0 aliphatic heterocycles. The highest BCUT2D eigenvalue weighted by atomic mass is 16.3. The summed E-state index contributed by atoms with van der Waals surface area (Å²) in [6.07, 6.45) is 13.4. The van der Waals surface area contributed by atoms with Gasteiger partial charge in [0.05, 0.1) is 0 Å². The second kappa shape index (κ2) is 14.1. The quantitative estimate of drug-likeness (QED) is 0.0925. The van der Waals surface area contributed by atoms with Crippen LogP contribution in [0.1, 0.15) is 50.6 Å². The molecule has 0 aliphatic rings. The largest absolute Gasteiger partial charge is 0.455 e. The molecule has 5 nitrogen and oxygen atoms in total. The van der Waals surface area contributed by atoms with E-state index in [1.54, 1.807) is 0 Å². The third kappa shape index (κ3) is 6.10. The van der Waals surface area contributed by atoms with Crippen LogP contribution in [0.25, 0.3) is 60.6 Å². The Morgan fingerprint density at radius 2 is 1.46 bits per heavy atom. The fraction of sp³-hybridized carbons (Fsp3) is 0.111. The fourth-order valence-electron chi connectivity index (χ4n) is 6.48. The molecule has 2 N–H and O–H groups in total. The summed E-state index contributed by atoms with van der Waals surface area (Å²) < 4.78 is 13.0. The number of furan rings is 2. The minimum absolute atomic E-state index is 0.296. The topological polar surface area (TPSA) is 74.5 Å². The van der Waals surface area contributed by atoms with Gasteiger partial charge in [0.15, 0.2) is 0 Å². The van der Waals surface area contributed by atoms with E-state index in [0.717, 1.165) is 82.8 Å². The van der Waals surface area contributed by atoms with E-state index in [2.05, 4.69) is 78.1 Å². The summed E-state index contributed by atoms with van der Waals surface area (Å²) in [7, 11) is 0. The number of aliphatic imine (C=N–C) groups is 1. The standard InChI is InChI=1S/C45H39N3O2/c1-5-8-16-29(4)44(46)48-45(32-18-11-17-31(27-32)35-22-14-24-37-36-20-9-10-26-40(36)49-42(35)37)47-28-33-19-12-23-38-39-25-13-21-34(30(7-3)15-6-2)43(39)50-41(33)38/h5-28,45H,1-4H3,(H2,46,48)/b8-5-,15-6-,29-16+,30-7+,47-28+. The first-order chi connectivity index (χ1) is 24.5. The van der Waals surface area contributed by atoms with Crippen molar-refractivity contribution in [3.8, 4) is 11.1 Å². The second-order valence-electron chi connectivity index (χ2n) is 12.2. The number of rotatable bonds is 9. The Bertz CT molecular complexity index is 2540. The van der Waals surface area contributed by atoms with E-state index in [0.29, 0.717) is 5.84 Å². The molecule has 0 fully saturated rings. The van der Waals surface area contributed by atoms with Crippen molar-refractivity contribution < 1.29 is 8.83 Å². The van der Waals surface area contributed by atoms with Gasteiger partial charge in [-0.1, -0.05) is 121 Å². The van der Waals surface area contributed by atoms with Gasteiger partial charge < -0.3 is 14.2 Å². The van der Waals surface area contributed by atoms with Crippen LogP contribution in [-0.4, -0.2) is 12.1 Å². The molecule has 5 heteroatoms. The van der Waals surface area contributed by atoms with Crippen LogP contribution in [0.2, 0.25) is 0 Å². The monoisotopic (exact) mass is 653 g/mol. The molecule has 7 rings (SSSR count). The Labute approximate surface area is 292 Å². The van der Waals surface area contributed by atoms with Crippen LogP contribution in [0.5, 0.6) is 0 Å². The molecule has 0 amide bonds. The lowest BCUT2D eigenvalue weighted by Gasteiger charge is -2.18. The third-order valence-electron chi connectivity index (χ3n) is 9.02.